The lowest BCUT2D eigenvalue weighted by Gasteiger charge is -2.18. The molecule has 0 aromatic heterocycles. The van der Waals surface area contributed by atoms with Crippen LogP contribution in [0.4, 0.5) is 5.69 Å². The molecule has 0 atom stereocenters. The van der Waals surface area contributed by atoms with Gasteiger partial charge in [-0.3, -0.25) is 0 Å². The van der Waals surface area contributed by atoms with Gasteiger partial charge in [-0.05, 0) is 36.8 Å². The van der Waals surface area contributed by atoms with Crippen LogP contribution >= 0.6 is 23.8 Å². The molecule has 0 saturated carbocycles. The standard InChI is InChI=1S/C9H10ClNOS/c1-6-7(10)4-3-5-8(6)11(2)9(12)13/h3-5H,1-2H3,(H,12,13). The Hall–Kier alpha value is -0.800. The van der Waals surface area contributed by atoms with Crippen molar-refractivity contribution in [2.75, 3.05) is 11.9 Å². The quantitative estimate of drug-likeness (QED) is 0.729. The van der Waals surface area contributed by atoms with E-state index in [2.05, 4.69) is 12.2 Å². The molecule has 1 aromatic carbocycles. The maximum absolute atomic E-state index is 9.10. The highest BCUT2D eigenvalue weighted by Gasteiger charge is 2.09. The van der Waals surface area contributed by atoms with Crippen molar-refractivity contribution in [2.24, 2.45) is 0 Å². The van der Waals surface area contributed by atoms with E-state index in [0.717, 1.165) is 11.3 Å². The number of aliphatic hydroxyl groups is 1. The summed E-state index contributed by atoms with van der Waals surface area (Å²) in [4.78, 5) is 1.51. The molecule has 1 rings (SSSR count). The van der Waals surface area contributed by atoms with Crippen LogP contribution in [-0.4, -0.2) is 17.3 Å². The van der Waals surface area contributed by atoms with Gasteiger partial charge in [-0.1, -0.05) is 17.7 Å². The van der Waals surface area contributed by atoms with Crippen molar-refractivity contribution in [3.05, 3.63) is 28.8 Å². The molecule has 0 radical (unpaired) electrons. The van der Waals surface area contributed by atoms with Crippen molar-refractivity contribution in [2.45, 2.75) is 6.92 Å². The van der Waals surface area contributed by atoms with E-state index in [1.165, 1.54) is 4.90 Å². The second-order valence-corrected chi connectivity index (χ2v) is 3.50. The highest BCUT2D eigenvalue weighted by Crippen LogP contribution is 2.25. The Morgan fingerprint density at radius 2 is 2.15 bits per heavy atom. The zero-order chi connectivity index (χ0) is 10.0. The van der Waals surface area contributed by atoms with Crippen LogP contribution in [0.25, 0.3) is 0 Å². The lowest BCUT2D eigenvalue weighted by Crippen LogP contribution is -2.24. The van der Waals surface area contributed by atoms with E-state index >= 15 is 0 Å². The fourth-order valence-electron chi connectivity index (χ4n) is 1.06. The van der Waals surface area contributed by atoms with Crippen LogP contribution in [0, 0.1) is 6.92 Å². The maximum Gasteiger partial charge on any atom is 0.261 e. The summed E-state index contributed by atoms with van der Waals surface area (Å²) in [7, 11) is 1.70. The predicted octanol–water partition coefficient (Wildman–Crippen LogP) is 2.93. The molecule has 1 N–H and O–H groups in total. The molecular weight excluding hydrogens is 206 g/mol. The van der Waals surface area contributed by atoms with E-state index in [1.54, 1.807) is 13.1 Å². The molecule has 2 nitrogen and oxygen atoms in total. The van der Waals surface area contributed by atoms with Crippen LogP contribution in [0.1, 0.15) is 5.56 Å². The van der Waals surface area contributed by atoms with Crippen molar-refractivity contribution < 1.29 is 5.11 Å². The second kappa shape index (κ2) is 3.94. The van der Waals surface area contributed by atoms with Gasteiger partial charge in [-0.2, -0.15) is 0 Å². The molecule has 0 saturated heterocycles. The van der Waals surface area contributed by atoms with Gasteiger partial charge in [0.05, 0.1) is 0 Å². The smallest absolute Gasteiger partial charge is 0.261 e. The van der Waals surface area contributed by atoms with Crippen LogP contribution < -0.4 is 4.90 Å². The number of hydrogen-bond donors (Lipinski definition) is 1. The van der Waals surface area contributed by atoms with E-state index in [1.807, 2.05) is 19.1 Å². The predicted molar refractivity (Wildman–Crippen MR) is 59.8 cm³/mol. The zero-order valence-electron chi connectivity index (χ0n) is 7.41. The summed E-state index contributed by atoms with van der Waals surface area (Å²) in [5, 5.41) is 9.61. The molecule has 0 amide bonds. The number of rotatable bonds is 1. The summed E-state index contributed by atoms with van der Waals surface area (Å²) >= 11 is 10.6. The fraction of sp³-hybridized carbons (Fsp3) is 0.222. The minimum Gasteiger partial charge on any atom is -0.486 e. The first kappa shape index (κ1) is 10.3. The largest absolute Gasteiger partial charge is 0.486 e. The SMILES string of the molecule is Cc1c(Cl)cccc1N(C)C(O)=S. The average Bonchev–Trinajstić information content (AvgIpc) is 2.08. The Balaban J connectivity index is 3.15. The number of nitrogens with zero attached hydrogens (tertiary/aromatic N) is 1. The Labute approximate surface area is 87.7 Å². The van der Waals surface area contributed by atoms with Crippen molar-refractivity contribution in [1.82, 2.24) is 0 Å². The minimum atomic E-state index is -0.162. The summed E-state index contributed by atoms with van der Waals surface area (Å²) in [5.74, 6) is 0. The van der Waals surface area contributed by atoms with Crippen LogP contribution in [0.5, 0.6) is 0 Å². The summed E-state index contributed by atoms with van der Waals surface area (Å²) in [6.07, 6.45) is 0. The summed E-state index contributed by atoms with van der Waals surface area (Å²) < 4.78 is 0. The first-order chi connectivity index (χ1) is 6.04. The molecule has 0 aliphatic carbocycles. The summed E-state index contributed by atoms with van der Waals surface area (Å²) in [5.41, 5.74) is 1.73. The molecule has 13 heavy (non-hydrogen) atoms. The van der Waals surface area contributed by atoms with Crippen LogP contribution in [0.15, 0.2) is 18.2 Å². The Morgan fingerprint density at radius 1 is 1.54 bits per heavy atom. The first-order valence-electron chi connectivity index (χ1n) is 3.76. The molecule has 0 fully saturated rings. The summed E-state index contributed by atoms with van der Waals surface area (Å²) in [6.45, 7) is 1.88. The molecule has 1 aromatic rings. The van der Waals surface area contributed by atoms with Crippen molar-refractivity contribution in [3.63, 3.8) is 0 Å². The number of aliphatic hydroxyl groups excluding tert-OH is 1. The van der Waals surface area contributed by atoms with Crippen LogP contribution in [0.2, 0.25) is 5.02 Å². The summed E-state index contributed by atoms with van der Waals surface area (Å²) in [6, 6.07) is 5.47. The van der Waals surface area contributed by atoms with Crippen molar-refractivity contribution in [1.29, 1.82) is 0 Å². The van der Waals surface area contributed by atoms with E-state index in [4.69, 9.17) is 16.7 Å². The average molecular weight is 216 g/mol. The number of anilines is 1. The van der Waals surface area contributed by atoms with E-state index in [-0.39, 0.29) is 5.17 Å². The third kappa shape index (κ3) is 2.11. The van der Waals surface area contributed by atoms with Crippen molar-refractivity contribution in [3.8, 4) is 0 Å². The number of halogens is 1. The zero-order valence-corrected chi connectivity index (χ0v) is 8.99. The molecule has 0 spiro atoms. The van der Waals surface area contributed by atoms with Gasteiger partial charge in [0.15, 0.2) is 0 Å². The van der Waals surface area contributed by atoms with Gasteiger partial charge in [-0.15, -0.1) is 0 Å². The van der Waals surface area contributed by atoms with Crippen LogP contribution in [0.3, 0.4) is 0 Å². The molecule has 0 aliphatic heterocycles. The molecular formula is C9H10ClNOS. The third-order valence-electron chi connectivity index (χ3n) is 1.89. The van der Waals surface area contributed by atoms with E-state index in [9.17, 15) is 0 Å². The Bertz CT molecular complexity index is 340. The lowest BCUT2D eigenvalue weighted by atomic mass is 10.2. The molecule has 70 valence electrons. The Kier molecular flexibility index (Phi) is 3.12. The van der Waals surface area contributed by atoms with Gasteiger partial charge in [0.1, 0.15) is 0 Å². The monoisotopic (exact) mass is 215 g/mol. The topological polar surface area (TPSA) is 23.5 Å². The maximum atomic E-state index is 9.10. The second-order valence-electron chi connectivity index (χ2n) is 2.73. The molecule has 0 heterocycles. The molecule has 4 heteroatoms. The number of hydrogen-bond acceptors (Lipinski definition) is 1. The Morgan fingerprint density at radius 3 is 2.69 bits per heavy atom. The van der Waals surface area contributed by atoms with Crippen molar-refractivity contribution >= 4 is 34.7 Å². The normalized spacial score (nSPS) is 9.77. The number of thiocarbonyl (C=S) groups is 1. The van der Waals surface area contributed by atoms with Gasteiger partial charge >= 0.3 is 0 Å². The van der Waals surface area contributed by atoms with Gasteiger partial charge in [0.2, 0.25) is 0 Å². The van der Waals surface area contributed by atoms with Gasteiger partial charge in [0.25, 0.3) is 5.17 Å². The first-order valence-corrected chi connectivity index (χ1v) is 4.54. The minimum absolute atomic E-state index is 0.162. The van der Waals surface area contributed by atoms with Gasteiger partial charge < -0.3 is 10.0 Å². The number of benzene rings is 1. The van der Waals surface area contributed by atoms with E-state index in [0.29, 0.717) is 5.02 Å². The molecule has 0 unspecified atom stereocenters. The molecule has 0 bridgehead atoms. The lowest BCUT2D eigenvalue weighted by molar-refractivity contribution is 0.554. The highest BCUT2D eigenvalue weighted by molar-refractivity contribution is 7.80. The molecule has 0 aliphatic rings. The fourth-order valence-corrected chi connectivity index (χ4v) is 1.33. The van der Waals surface area contributed by atoms with Gasteiger partial charge in [0, 0.05) is 17.8 Å². The highest BCUT2D eigenvalue weighted by atomic mass is 35.5. The van der Waals surface area contributed by atoms with E-state index < -0.39 is 0 Å². The van der Waals surface area contributed by atoms with Crippen LogP contribution in [-0.2, 0) is 0 Å². The van der Waals surface area contributed by atoms with Gasteiger partial charge in [-0.25, -0.2) is 0 Å². The third-order valence-corrected chi connectivity index (χ3v) is 2.57.